The predicted octanol–water partition coefficient (Wildman–Crippen LogP) is 2.18. The summed E-state index contributed by atoms with van der Waals surface area (Å²) >= 11 is 5.91. The Hall–Kier alpha value is -1.11. The molecule has 0 fully saturated rings. The molecular weight excluding hydrogens is 288 g/mol. The molecule has 106 valence electrons. The van der Waals surface area contributed by atoms with Crippen LogP contribution in [0.3, 0.4) is 0 Å². The third kappa shape index (κ3) is 3.68. The zero-order valence-corrected chi connectivity index (χ0v) is 12.8. The molecule has 5 nitrogen and oxygen atoms in total. The number of sulfonamides is 1. The molecule has 0 aliphatic carbocycles. The highest BCUT2D eigenvalue weighted by atomic mass is 35.5. The van der Waals surface area contributed by atoms with E-state index in [2.05, 4.69) is 5.32 Å². The molecule has 0 bridgehead atoms. The lowest BCUT2D eigenvalue weighted by Gasteiger charge is -2.14. The van der Waals surface area contributed by atoms with Gasteiger partial charge < -0.3 is 5.32 Å². The molecule has 1 amide bonds. The van der Waals surface area contributed by atoms with E-state index < -0.39 is 10.0 Å². The summed E-state index contributed by atoms with van der Waals surface area (Å²) in [5.41, 5.74) is 0.406. The highest BCUT2D eigenvalue weighted by Crippen LogP contribution is 2.26. The summed E-state index contributed by atoms with van der Waals surface area (Å²) in [6.45, 7) is 3.51. The smallest absolute Gasteiger partial charge is 0.244 e. The van der Waals surface area contributed by atoms with Gasteiger partial charge in [0.05, 0.1) is 5.02 Å². The molecule has 0 spiro atoms. The zero-order chi connectivity index (χ0) is 14.8. The summed E-state index contributed by atoms with van der Waals surface area (Å²) in [6, 6.07) is 4.38. The van der Waals surface area contributed by atoms with E-state index in [0.717, 1.165) is 4.31 Å². The molecule has 1 aromatic rings. The van der Waals surface area contributed by atoms with Gasteiger partial charge in [0, 0.05) is 25.7 Å². The van der Waals surface area contributed by atoms with Crippen molar-refractivity contribution in [2.24, 2.45) is 5.92 Å². The van der Waals surface area contributed by atoms with E-state index in [9.17, 15) is 13.2 Å². The van der Waals surface area contributed by atoms with Gasteiger partial charge in [-0.1, -0.05) is 25.4 Å². The Morgan fingerprint density at radius 2 is 1.89 bits per heavy atom. The van der Waals surface area contributed by atoms with E-state index in [-0.39, 0.29) is 21.7 Å². The maximum atomic E-state index is 12.1. The highest BCUT2D eigenvalue weighted by molar-refractivity contribution is 7.89. The van der Waals surface area contributed by atoms with Gasteiger partial charge in [-0.3, -0.25) is 4.79 Å². The van der Waals surface area contributed by atoms with Gasteiger partial charge in [-0.2, -0.15) is 0 Å². The van der Waals surface area contributed by atoms with Gasteiger partial charge in [0.2, 0.25) is 15.9 Å². The fourth-order valence-corrected chi connectivity index (χ4v) is 2.66. The number of rotatable bonds is 4. The number of amides is 1. The second-order valence-electron chi connectivity index (χ2n) is 4.58. The number of carbonyl (C=O) groups is 1. The van der Waals surface area contributed by atoms with Crippen LogP contribution in [0.5, 0.6) is 0 Å². The number of hydrogen-bond acceptors (Lipinski definition) is 3. The second kappa shape index (κ2) is 5.90. The van der Waals surface area contributed by atoms with E-state index in [1.807, 2.05) is 0 Å². The van der Waals surface area contributed by atoms with Crippen molar-refractivity contribution in [2.75, 3.05) is 19.4 Å². The lowest BCUT2D eigenvalue weighted by molar-refractivity contribution is -0.118. The van der Waals surface area contributed by atoms with Crippen molar-refractivity contribution in [1.29, 1.82) is 0 Å². The van der Waals surface area contributed by atoms with E-state index >= 15 is 0 Å². The lowest BCUT2D eigenvalue weighted by atomic mass is 10.2. The molecule has 7 heteroatoms. The van der Waals surface area contributed by atoms with Crippen molar-refractivity contribution in [3.63, 3.8) is 0 Å². The van der Waals surface area contributed by atoms with Crippen molar-refractivity contribution in [3.05, 3.63) is 23.2 Å². The second-order valence-corrected chi connectivity index (χ2v) is 7.10. The molecular formula is C12H17ClN2O3S. The number of carbonyl (C=O) groups excluding carboxylic acids is 1. The molecule has 0 atom stereocenters. The van der Waals surface area contributed by atoms with Crippen LogP contribution in [-0.4, -0.2) is 32.7 Å². The Bertz CT molecular complexity index is 583. The minimum Gasteiger partial charge on any atom is -0.326 e. The molecule has 0 saturated heterocycles. The minimum atomic E-state index is -3.64. The molecule has 0 aromatic heterocycles. The standard InChI is InChI=1S/C12H17ClN2O3S/c1-8(2)12(16)14-9-5-6-10(13)11(7-9)19(17,18)15(3)4/h5-8H,1-4H3,(H,14,16). The first kappa shape index (κ1) is 15.9. The average molecular weight is 305 g/mol. The van der Waals surface area contributed by atoms with Crippen LogP contribution in [0.1, 0.15) is 13.8 Å². The molecule has 0 heterocycles. The fraction of sp³-hybridized carbons (Fsp3) is 0.417. The number of nitrogens with one attached hydrogen (secondary N) is 1. The van der Waals surface area contributed by atoms with Gasteiger partial charge in [0.1, 0.15) is 4.90 Å². The summed E-state index contributed by atoms with van der Waals surface area (Å²) in [6.07, 6.45) is 0. The fourth-order valence-electron chi connectivity index (χ4n) is 1.26. The topological polar surface area (TPSA) is 66.5 Å². The van der Waals surface area contributed by atoms with E-state index in [0.29, 0.717) is 5.69 Å². The van der Waals surface area contributed by atoms with Crippen molar-refractivity contribution in [2.45, 2.75) is 18.7 Å². The van der Waals surface area contributed by atoms with Gasteiger partial charge in [0.15, 0.2) is 0 Å². The van der Waals surface area contributed by atoms with Gasteiger partial charge in [-0.05, 0) is 18.2 Å². The Kier molecular flexibility index (Phi) is 4.95. The van der Waals surface area contributed by atoms with Crippen molar-refractivity contribution in [1.82, 2.24) is 4.31 Å². The largest absolute Gasteiger partial charge is 0.326 e. The number of hydrogen-bond donors (Lipinski definition) is 1. The first-order chi connectivity index (χ1) is 8.66. The summed E-state index contributed by atoms with van der Waals surface area (Å²) < 4.78 is 25.2. The molecule has 1 N–H and O–H groups in total. The van der Waals surface area contributed by atoms with E-state index in [4.69, 9.17) is 11.6 Å². The summed E-state index contributed by atoms with van der Waals surface area (Å²) in [4.78, 5) is 11.6. The van der Waals surface area contributed by atoms with Crippen LogP contribution in [0.2, 0.25) is 5.02 Å². The third-order valence-corrected chi connectivity index (χ3v) is 4.78. The van der Waals surface area contributed by atoms with E-state index in [1.165, 1.54) is 26.2 Å². The molecule has 1 rings (SSSR count). The number of nitrogens with zero attached hydrogens (tertiary/aromatic N) is 1. The van der Waals surface area contributed by atoms with Crippen molar-refractivity contribution < 1.29 is 13.2 Å². The number of anilines is 1. The van der Waals surface area contributed by atoms with Crippen LogP contribution in [0.4, 0.5) is 5.69 Å². The normalized spacial score (nSPS) is 11.9. The quantitative estimate of drug-likeness (QED) is 0.927. The molecule has 0 aliphatic rings. The molecule has 0 saturated carbocycles. The zero-order valence-electron chi connectivity index (χ0n) is 11.3. The highest BCUT2D eigenvalue weighted by Gasteiger charge is 2.21. The van der Waals surface area contributed by atoms with Gasteiger partial charge in [0.25, 0.3) is 0 Å². The first-order valence-corrected chi connectivity index (χ1v) is 7.51. The third-order valence-electron chi connectivity index (χ3n) is 2.48. The first-order valence-electron chi connectivity index (χ1n) is 5.69. The maximum absolute atomic E-state index is 12.1. The molecule has 1 aromatic carbocycles. The Morgan fingerprint density at radius 1 is 1.32 bits per heavy atom. The number of halogens is 1. The summed E-state index contributed by atoms with van der Waals surface area (Å²) in [5.74, 6) is -0.375. The van der Waals surface area contributed by atoms with Gasteiger partial charge in [-0.15, -0.1) is 0 Å². The molecule has 0 radical (unpaired) electrons. The van der Waals surface area contributed by atoms with Crippen LogP contribution >= 0.6 is 11.6 Å². The molecule has 19 heavy (non-hydrogen) atoms. The monoisotopic (exact) mass is 304 g/mol. The van der Waals surface area contributed by atoms with Crippen LogP contribution in [0, 0.1) is 5.92 Å². The lowest BCUT2D eigenvalue weighted by Crippen LogP contribution is -2.23. The van der Waals surface area contributed by atoms with Gasteiger partial charge in [-0.25, -0.2) is 12.7 Å². The Balaban J connectivity index is 3.19. The van der Waals surface area contributed by atoms with Crippen LogP contribution in [0.15, 0.2) is 23.1 Å². The van der Waals surface area contributed by atoms with Crippen LogP contribution < -0.4 is 5.32 Å². The van der Waals surface area contributed by atoms with Crippen LogP contribution in [0.25, 0.3) is 0 Å². The van der Waals surface area contributed by atoms with Crippen LogP contribution in [-0.2, 0) is 14.8 Å². The van der Waals surface area contributed by atoms with Gasteiger partial charge >= 0.3 is 0 Å². The average Bonchev–Trinajstić information content (AvgIpc) is 2.30. The predicted molar refractivity (Wildman–Crippen MR) is 75.8 cm³/mol. The maximum Gasteiger partial charge on any atom is 0.244 e. The minimum absolute atomic E-state index is 0.0271. The summed E-state index contributed by atoms with van der Waals surface area (Å²) in [7, 11) is -0.793. The Morgan fingerprint density at radius 3 is 2.37 bits per heavy atom. The van der Waals surface area contributed by atoms with Crippen molar-refractivity contribution >= 4 is 33.2 Å². The number of benzene rings is 1. The SMILES string of the molecule is CC(C)C(=O)Nc1ccc(Cl)c(S(=O)(=O)N(C)C)c1. The Labute approximate surface area is 118 Å². The van der Waals surface area contributed by atoms with Crippen molar-refractivity contribution in [3.8, 4) is 0 Å². The molecule has 0 aliphatic heterocycles. The summed E-state index contributed by atoms with van der Waals surface area (Å²) in [5, 5.41) is 2.76. The van der Waals surface area contributed by atoms with E-state index in [1.54, 1.807) is 19.9 Å². The molecule has 0 unspecified atom stereocenters.